The minimum absolute atomic E-state index is 0.0800. The molecule has 5 heteroatoms. The molecule has 0 radical (unpaired) electrons. The van der Waals surface area contributed by atoms with Gasteiger partial charge in [0.05, 0.1) is 6.61 Å². The van der Waals surface area contributed by atoms with E-state index in [0.717, 1.165) is 0 Å². The molecule has 1 atom stereocenters. The number of nitrogens with zero attached hydrogens (tertiary/aromatic N) is 1. The Kier molecular flexibility index (Phi) is 4.57. The van der Waals surface area contributed by atoms with Gasteiger partial charge < -0.3 is 15.4 Å². The van der Waals surface area contributed by atoms with Gasteiger partial charge in [-0.1, -0.05) is 6.07 Å². The number of pyridine rings is 1. The van der Waals surface area contributed by atoms with Gasteiger partial charge in [-0.2, -0.15) is 4.98 Å². The van der Waals surface area contributed by atoms with Crippen molar-refractivity contribution in [2.75, 3.05) is 19.0 Å². The Bertz CT molecular complexity index is 355. The molecule has 0 saturated carbocycles. The third kappa shape index (κ3) is 3.42. The van der Waals surface area contributed by atoms with Crippen molar-refractivity contribution < 1.29 is 9.53 Å². The maximum Gasteiger partial charge on any atom is 0.241 e. The molecule has 0 spiro atoms. The lowest BCUT2D eigenvalue weighted by Gasteiger charge is -2.13. The molecule has 1 heterocycles. The molecule has 0 aliphatic carbocycles. The van der Waals surface area contributed by atoms with Gasteiger partial charge in [-0.05, 0) is 19.9 Å². The smallest absolute Gasteiger partial charge is 0.241 e. The summed E-state index contributed by atoms with van der Waals surface area (Å²) in [7, 11) is 1.60. The van der Waals surface area contributed by atoms with Gasteiger partial charge in [0.2, 0.25) is 11.8 Å². The molecular formula is C11H17N3O2. The van der Waals surface area contributed by atoms with E-state index in [9.17, 15) is 4.79 Å². The Hall–Kier alpha value is -1.78. The Balaban J connectivity index is 2.66. The largest absolute Gasteiger partial charge is 0.478 e. The third-order valence-electron chi connectivity index (χ3n) is 2.02. The van der Waals surface area contributed by atoms with Crippen LogP contribution in [-0.4, -0.2) is 30.6 Å². The molecule has 0 aromatic carbocycles. The molecule has 16 heavy (non-hydrogen) atoms. The van der Waals surface area contributed by atoms with Crippen LogP contribution in [0.15, 0.2) is 18.2 Å². The lowest BCUT2D eigenvalue weighted by atomic mass is 10.3. The summed E-state index contributed by atoms with van der Waals surface area (Å²) >= 11 is 0. The Morgan fingerprint density at radius 1 is 1.56 bits per heavy atom. The number of carbonyl (C=O) groups is 1. The minimum atomic E-state index is -0.325. The van der Waals surface area contributed by atoms with Crippen LogP contribution in [0.1, 0.15) is 13.8 Å². The molecule has 88 valence electrons. The minimum Gasteiger partial charge on any atom is -0.478 e. The maximum absolute atomic E-state index is 11.3. The molecule has 0 bridgehead atoms. The molecular weight excluding hydrogens is 206 g/mol. The van der Waals surface area contributed by atoms with Crippen molar-refractivity contribution in [3.05, 3.63) is 18.2 Å². The molecule has 0 aliphatic rings. The van der Waals surface area contributed by atoms with E-state index in [1.807, 2.05) is 13.0 Å². The van der Waals surface area contributed by atoms with Gasteiger partial charge in [0.15, 0.2) is 0 Å². The number of hydrogen-bond donors (Lipinski definition) is 2. The highest BCUT2D eigenvalue weighted by Crippen LogP contribution is 2.12. The fourth-order valence-electron chi connectivity index (χ4n) is 1.23. The topological polar surface area (TPSA) is 63.2 Å². The van der Waals surface area contributed by atoms with E-state index >= 15 is 0 Å². The lowest BCUT2D eigenvalue weighted by molar-refractivity contribution is -0.121. The lowest BCUT2D eigenvalue weighted by Crippen LogP contribution is -2.35. The summed E-state index contributed by atoms with van der Waals surface area (Å²) in [5.41, 5.74) is 0. The second-order valence-corrected chi connectivity index (χ2v) is 3.27. The van der Waals surface area contributed by atoms with Crippen LogP contribution in [0.2, 0.25) is 0 Å². The zero-order valence-corrected chi connectivity index (χ0v) is 9.78. The first-order valence-corrected chi connectivity index (χ1v) is 5.25. The van der Waals surface area contributed by atoms with Gasteiger partial charge in [0, 0.05) is 13.1 Å². The number of amides is 1. The van der Waals surface area contributed by atoms with Crippen molar-refractivity contribution in [3.8, 4) is 5.88 Å². The number of ether oxygens (including phenoxy) is 1. The zero-order chi connectivity index (χ0) is 12.0. The van der Waals surface area contributed by atoms with Crippen LogP contribution in [0.3, 0.4) is 0 Å². The van der Waals surface area contributed by atoms with Crippen molar-refractivity contribution in [2.45, 2.75) is 19.9 Å². The van der Waals surface area contributed by atoms with E-state index < -0.39 is 0 Å². The standard InChI is InChI=1S/C11H17N3O2/c1-4-16-10-7-5-6-9(14-10)13-8(2)11(15)12-3/h5-8H,4H2,1-3H3,(H,12,15)(H,13,14). The predicted molar refractivity (Wildman–Crippen MR) is 62.6 cm³/mol. The second kappa shape index (κ2) is 5.95. The number of rotatable bonds is 5. The molecule has 1 aromatic rings. The Morgan fingerprint density at radius 3 is 2.94 bits per heavy atom. The molecule has 0 aliphatic heterocycles. The highest BCUT2D eigenvalue weighted by molar-refractivity contribution is 5.83. The number of nitrogens with one attached hydrogen (secondary N) is 2. The summed E-state index contributed by atoms with van der Waals surface area (Å²) in [5.74, 6) is 1.10. The number of aromatic nitrogens is 1. The molecule has 1 amide bonds. The van der Waals surface area contributed by atoms with E-state index in [4.69, 9.17) is 4.74 Å². The van der Waals surface area contributed by atoms with Gasteiger partial charge >= 0.3 is 0 Å². The highest BCUT2D eigenvalue weighted by atomic mass is 16.5. The fraction of sp³-hybridized carbons (Fsp3) is 0.455. The van der Waals surface area contributed by atoms with Crippen LogP contribution in [0, 0.1) is 0 Å². The van der Waals surface area contributed by atoms with E-state index in [1.54, 1.807) is 26.1 Å². The molecule has 1 unspecified atom stereocenters. The van der Waals surface area contributed by atoms with E-state index in [0.29, 0.717) is 18.3 Å². The van der Waals surface area contributed by atoms with Crippen LogP contribution in [0.25, 0.3) is 0 Å². The van der Waals surface area contributed by atoms with Crippen molar-refractivity contribution in [1.29, 1.82) is 0 Å². The normalized spacial score (nSPS) is 11.7. The number of hydrogen-bond acceptors (Lipinski definition) is 4. The number of likely N-dealkylation sites (N-methyl/N-ethyl adjacent to an activating group) is 1. The summed E-state index contributed by atoms with van der Waals surface area (Å²) in [4.78, 5) is 15.5. The van der Waals surface area contributed by atoms with Crippen LogP contribution in [0.4, 0.5) is 5.82 Å². The highest BCUT2D eigenvalue weighted by Gasteiger charge is 2.10. The van der Waals surface area contributed by atoms with Gasteiger partial charge in [0.25, 0.3) is 0 Å². The van der Waals surface area contributed by atoms with Crippen molar-refractivity contribution >= 4 is 11.7 Å². The molecule has 1 rings (SSSR count). The van der Waals surface area contributed by atoms with Gasteiger partial charge in [0.1, 0.15) is 11.9 Å². The van der Waals surface area contributed by atoms with Crippen LogP contribution in [0.5, 0.6) is 5.88 Å². The monoisotopic (exact) mass is 223 g/mol. The summed E-state index contributed by atoms with van der Waals surface area (Å²) in [6.07, 6.45) is 0. The van der Waals surface area contributed by atoms with Crippen LogP contribution < -0.4 is 15.4 Å². The average Bonchev–Trinajstić information content (AvgIpc) is 2.29. The number of carbonyl (C=O) groups excluding carboxylic acids is 1. The van der Waals surface area contributed by atoms with Crippen molar-refractivity contribution in [1.82, 2.24) is 10.3 Å². The molecule has 0 saturated heterocycles. The third-order valence-corrected chi connectivity index (χ3v) is 2.02. The first-order valence-electron chi connectivity index (χ1n) is 5.25. The summed E-state index contributed by atoms with van der Waals surface area (Å²) in [6.45, 7) is 4.24. The summed E-state index contributed by atoms with van der Waals surface area (Å²) in [6, 6.07) is 5.08. The summed E-state index contributed by atoms with van der Waals surface area (Å²) in [5, 5.41) is 5.55. The van der Waals surface area contributed by atoms with E-state index in [2.05, 4.69) is 15.6 Å². The molecule has 1 aromatic heterocycles. The Morgan fingerprint density at radius 2 is 2.31 bits per heavy atom. The Labute approximate surface area is 95.2 Å². The van der Waals surface area contributed by atoms with Gasteiger partial charge in [-0.3, -0.25) is 4.79 Å². The fourth-order valence-corrected chi connectivity index (χ4v) is 1.23. The SMILES string of the molecule is CCOc1cccc(NC(C)C(=O)NC)n1. The molecule has 5 nitrogen and oxygen atoms in total. The number of anilines is 1. The average molecular weight is 223 g/mol. The maximum atomic E-state index is 11.3. The van der Waals surface area contributed by atoms with Crippen LogP contribution in [-0.2, 0) is 4.79 Å². The van der Waals surface area contributed by atoms with Gasteiger partial charge in [-0.15, -0.1) is 0 Å². The molecule has 2 N–H and O–H groups in total. The van der Waals surface area contributed by atoms with Gasteiger partial charge in [-0.25, -0.2) is 0 Å². The predicted octanol–water partition coefficient (Wildman–Crippen LogP) is 1.03. The molecule has 0 fully saturated rings. The van der Waals surface area contributed by atoms with E-state index in [-0.39, 0.29) is 11.9 Å². The zero-order valence-electron chi connectivity index (χ0n) is 9.78. The van der Waals surface area contributed by atoms with Crippen molar-refractivity contribution in [2.24, 2.45) is 0 Å². The first kappa shape index (κ1) is 12.3. The van der Waals surface area contributed by atoms with E-state index in [1.165, 1.54) is 0 Å². The summed E-state index contributed by atoms with van der Waals surface area (Å²) < 4.78 is 5.26. The first-order chi connectivity index (χ1) is 7.67. The van der Waals surface area contributed by atoms with Crippen molar-refractivity contribution in [3.63, 3.8) is 0 Å². The quantitative estimate of drug-likeness (QED) is 0.782. The second-order valence-electron chi connectivity index (χ2n) is 3.27. The van der Waals surface area contributed by atoms with Crippen LogP contribution >= 0.6 is 0 Å².